The van der Waals surface area contributed by atoms with E-state index < -0.39 is 0 Å². The SMILES string of the molecule is CSCCCNC(C)c1cnc(C)s1. The lowest BCUT2D eigenvalue weighted by atomic mass is 10.3. The summed E-state index contributed by atoms with van der Waals surface area (Å²) in [5.41, 5.74) is 0. The van der Waals surface area contributed by atoms with Crippen molar-refractivity contribution in [2.24, 2.45) is 0 Å². The normalized spacial score (nSPS) is 13.1. The zero-order valence-corrected chi connectivity index (χ0v) is 10.7. The van der Waals surface area contributed by atoms with Crippen molar-refractivity contribution in [2.45, 2.75) is 26.3 Å². The molecular formula is C10H18N2S2. The summed E-state index contributed by atoms with van der Waals surface area (Å²) in [5, 5.41) is 4.65. The van der Waals surface area contributed by atoms with Gasteiger partial charge in [0.25, 0.3) is 0 Å². The molecule has 0 amide bonds. The molecular weight excluding hydrogens is 212 g/mol. The fourth-order valence-corrected chi connectivity index (χ4v) is 2.46. The highest BCUT2D eigenvalue weighted by atomic mass is 32.2. The monoisotopic (exact) mass is 230 g/mol. The first-order valence-corrected chi connectivity index (χ1v) is 7.09. The van der Waals surface area contributed by atoms with Crippen molar-refractivity contribution in [3.8, 4) is 0 Å². The lowest BCUT2D eigenvalue weighted by molar-refractivity contribution is 0.579. The number of aryl methyl sites for hydroxylation is 1. The summed E-state index contributed by atoms with van der Waals surface area (Å²) < 4.78 is 0. The number of nitrogens with one attached hydrogen (secondary N) is 1. The van der Waals surface area contributed by atoms with E-state index in [4.69, 9.17) is 0 Å². The van der Waals surface area contributed by atoms with Crippen LogP contribution in [0.5, 0.6) is 0 Å². The second kappa shape index (κ2) is 6.43. The zero-order valence-electron chi connectivity index (χ0n) is 9.04. The number of aromatic nitrogens is 1. The van der Waals surface area contributed by atoms with Gasteiger partial charge in [0, 0.05) is 17.1 Å². The summed E-state index contributed by atoms with van der Waals surface area (Å²) in [6, 6.07) is 0.447. The summed E-state index contributed by atoms with van der Waals surface area (Å²) in [7, 11) is 0. The highest BCUT2D eigenvalue weighted by Gasteiger charge is 2.06. The summed E-state index contributed by atoms with van der Waals surface area (Å²) in [4.78, 5) is 5.60. The van der Waals surface area contributed by atoms with Gasteiger partial charge in [0.1, 0.15) is 0 Å². The van der Waals surface area contributed by atoms with E-state index in [1.165, 1.54) is 17.1 Å². The average molecular weight is 230 g/mol. The van der Waals surface area contributed by atoms with Gasteiger partial charge >= 0.3 is 0 Å². The fourth-order valence-electron chi connectivity index (χ4n) is 1.21. The van der Waals surface area contributed by atoms with Crippen LogP contribution in [0.4, 0.5) is 0 Å². The number of thiazole rings is 1. The molecule has 1 heterocycles. The predicted molar refractivity (Wildman–Crippen MR) is 66.3 cm³/mol. The first-order valence-electron chi connectivity index (χ1n) is 4.88. The molecule has 0 radical (unpaired) electrons. The molecule has 0 spiro atoms. The third-order valence-electron chi connectivity index (χ3n) is 2.04. The van der Waals surface area contributed by atoms with Crippen molar-refractivity contribution >= 4 is 23.1 Å². The van der Waals surface area contributed by atoms with Crippen molar-refractivity contribution in [3.63, 3.8) is 0 Å². The summed E-state index contributed by atoms with van der Waals surface area (Å²) in [5.74, 6) is 1.24. The van der Waals surface area contributed by atoms with Crippen molar-refractivity contribution in [2.75, 3.05) is 18.6 Å². The lowest BCUT2D eigenvalue weighted by Gasteiger charge is -2.10. The highest BCUT2D eigenvalue weighted by Crippen LogP contribution is 2.19. The molecule has 2 nitrogen and oxygen atoms in total. The molecule has 1 aromatic heterocycles. The van der Waals surface area contributed by atoms with Crippen LogP contribution in [0.15, 0.2) is 6.20 Å². The van der Waals surface area contributed by atoms with Gasteiger partial charge in [-0.25, -0.2) is 4.98 Å². The number of nitrogens with zero attached hydrogens (tertiary/aromatic N) is 1. The molecule has 0 aliphatic carbocycles. The van der Waals surface area contributed by atoms with Gasteiger partial charge in [-0.2, -0.15) is 11.8 Å². The van der Waals surface area contributed by atoms with E-state index in [1.807, 2.05) is 18.0 Å². The van der Waals surface area contributed by atoms with E-state index in [9.17, 15) is 0 Å². The lowest BCUT2D eigenvalue weighted by Crippen LogP contribution is -2.19. The van der Waals surface area contributed by atoms with E-state index >= 15 is 0 Å². The Morgan fingerprint density at radius 3 is 3.00 bits per heavy atom. The fraction of sp³-hybridized carbons (Fsp3) is 0.700. The minimum absolute atomic E-state index is 0.447. The van der Waals surface area contributed by atoms with Crippen molar-refractivity contribution in [1.29, 1.82) is 0 Å². The van der Waals surface area contributed by atoms with E-state index in [0.717, 1.165) is 11.6 Å². The highest BCUT2D eigenvalue weighted by molar-refractivity contribution is 7.98. The van der Waals surface area contributed by atoms with Crippen LogP contribution in [0.25, 0.3) is 0 Å². The molecule has 0 aromatic carbocycles. The van der Waals surface area contributed by atoms with Crippen LogP contribution in [-0.2, 0) is 0 Å². The van der Waals surface area contributed by atoms with Gasteiger partial charge in [0.05, 0.1) is 5.01 Å². The predicted octanol–water partition coefficient (Wildman–Crippen LogP) is 2.86. The Hall–Kier alpha value is -0.0600. The first-order chi connectivity index (χ1) is 6.74. The Kier molecular flexibility index (Phi) is 5.52. The Morgan fingerprint density at radius 1 is 1.64 bits per heavy atom. The maximum atomic E-state index is 4.26. The van der Waals surface area contributed by atoms with Crippen molar-refractivity contribution < 1.29 is 0 Å². The second-order valence-corrected chi connectivity index (χ2v) is 5.56. The average Bonchev–Trinajstić information content (AvgIpc) is 2.59. The topological polar surface area (TPSA) is 24.9 Å². The van der Waals surface area contributed by atoms with Crippen LogP contribution in [0.2, 0.25) is 0 Å². The molecule has 0 aliphatic rings. The minimum Gasteiger partial charge on any atom is -0.309 e. The summed E-state index contributed by atoms with van der Waals surface area (Å²) >= 11 is 3.68. The number of thioether (sulfide) groups is 1. The van der Waals surface area contributed by atoms with Gasteiger partial charge < -0.3 is 5.32 Å². The molecule has 0 fully saturated rings. The largest absolute Gasteiger partial charge is 0.309 e. The van der Waals surface area contributed by atoms with Crippen LogP contribution in [0.1, 0.15) is 29.3 Å². The maximum absolute atomic E-state index is 4.26. The molecule has 0 saturated heterocycles. The Bertz CT molecular complexity index is 260. The number of hydrogen-bond acceptors (Lipinski definition) is 4. The van der Waals surface area contributed by atoms with Gasteiger partial charge in [-0.3, -0.25) is 0 Å². The van der Waals surface area contributed by atoms with Crippen molar-refractivity contribution in [1.82, 2.24) is 10.3 Å². The molecule has 1 aromatic rings. The molecule has 4 heteroatoms. The van der Waals surface area contributed by atoms with E-state index in [2.05, 4.69) is 30.4 Å². The summed E-state index contributed by atoms with van der Waals surface area (Å²) in [6.07, 6.45) is 5.37. The molecule has 1 unspecified atom stereocenters. The first kappa shape index (κ1) is 12.0. The van der Waals surface area contributed by atoms with E-state index in [1.54, 1.807) is 11.3 Å². The molecule has 0 aliphatic heterocycles. The molecule has 0 bridgehead atoms. The maximum Gasteiger partial charge on any atom is 0.0897 e. The zero-order chi connectivity index (χ0) is 10.4. The molecule has 0 saturated carbocycles. The smallest absolute Gasteiger partial charge is 0.0897 e. The van der Waals surface area contributed by atoms with Crippen LogP contribution in [-0.4, -0.2) is 23.5 Å². The molecule has 1 atom stereocenters. The standard InChI is InChI=1S/C10H18N2S2/c1-8(11-5-4-6-13-3)10-7-12-9(2)14-10/h7-8,11H,4-6H2,1-3H3. The number of hydrogen-bond donors (Lipinski definition) is 1. The number of rotatable bonds is 6. The molecule has 14 heavy (non-hydrogen) atoms. The van der Waals surface area contributed by atoms with Crippen LogP contribution in [0.3, 0.4) is 0 Å². The van der Waals surface area contributed by atoms with Gasteiger partial charge in [-0.1, -0.05) is 0 Å². The second-order valence-electron chi connectivity index (χ2n) is 3.30. The Labute approximate surface area is 94.5 Å². The van der Waals surface area contributed by atoms with Gasteiger partial charge in [0.2, 0.25) is 0 Å². The van der Waals surface area contributed by atoms with E-state index in [0.29, 0.717) is 6.04 Å². The molecule has 1 rings (SSSR count). The summed E-state index contributed by atoms with van der Waals surface area (Å²) in [6.45, 7) is 5.35. The quantitative estimate of drug-likeness (QED) is 0.761. The van der Waals surface area contributed by atoms with Gasteiger partial charge in [0.15, 0.2) is 0 Å². The third kappa shape index (κ3) is 3.98. The molecule has 1 N–H and O–H groups in total. The van der Waals surface area contributed by atoms with Crippen LogP contribution in [0, 0.1) is 6.92 Å². The van der Waals surface area contributed by atoms with Crippen LogP contribution < -0.4 is 5.32 Å². The minimum atomic E-state index is 0.447. The molecule has 80 valence electrons. The van der Waals surface area contributed by atoms with Gasteiger partial charge in [-0.05, 0) is 38.8 Å². The third-order valence-corrected chi connectivity index (χ3v) is 3.83. The van der Waals surface area contributed by atoms with E-state index in [-0.39, 0.29) is 0 Å². The Morgan fingerprint density at radius 2 is 2.43 bits per heavy atom. The van der Waals surface area contributed by atoms with Crippen LogP contribution >= 0.6 is 23.1 Å². The van der Waals surface area contributed by atoms with Crippen molar-refractivity contribution in [3.05, 3.63) is 16.1 Å². The van der Waals surface area contributed by atoms with Gasteiger partial charge in [-0.15, -0.1) is 11.3 Å². The Balaban J connectivity index is 2.25.